The second-order valence-electron chi connectivity index (χ2n) is 2.10. The van der Waals surface area contributed by atoms with Crippen LogP contribution < -0.4 is 4.74 Å². The molecule has 0 N–H and O–H groups in total. The summed E-state index contributed by atoms with van der Waals surface area (Å²) in [6.07, 6.45) is -0.416. The Morgan fingerprint density at radius 3 is 2.73 bits per heavy atom. The van der Waals surface area contributed by atoms with E-state index in [1.807, 2.05) is 0 Å². The summed E-state index contributed by atoms with van der Waals surface area (Å²) in [5.41, 5.74) is 0. The highest BCUT2D eigenvalue weighted by Gasteiger charge is 2.22. The summed E-state index contributed by atoms with van der Waals surface area (Å²) < 4.78 is 28.5. The lowest BCUT2D eigenvalue weighted by Gasteiger charge is -2.11. The van der Waals surface area contributed by atoms with E-state index in [1.54, 1.807) is 0 Å². The minimum atomic E-state index is -3.14. The van der Waals surface area contributed by atoms with Crippen molar-refractivity contribution in [3.05, 3.63) is 24.5 Å². The van der Waals surface area contributed by atoms with Crippen LogP contribution in [0.25, 0.3) is 0 Å². The molecule has 0 aliphatic heterocycles. The fourth-order valence-electron chi connectivity index (χ4n) is 0.614. The predicted molar refractivity (Wildman–Crippen MR) is 35.5 cm³/mol. The summed E-state index contributed by atoms with van der Waals surface area (Å²) in [4.78, 5) is 3.61. The van der Waals surface area contributed by atoms with E-state index in [1.165, 1.54) is 24.5 Å². The topological polar surface area (TPSA) is 22.1 Å². The van der Waals surface area contributed by atoms with Gasteiger partial charge >= 0.3 is 6.11 Å². The minimum Gasteiger partial charge on any atom is -0.431 e. The van der Waals surface area contributed by atoms with E-state index in [9.17, 15) is 8.78 Å². The maximum Gasteiger partial charge on any atom is 0.394 e. The van der Waals surface area contributed by atoms with Crippen molar-refractivity contribution in [3.8, 4) is 5.75 Å². The third-order valence-electron chi connectivity index (χ3n) is 0.931. The summed E-state index contributed by atoms with van der Waals surface area (Å²) in [7, 11) is 0. The van der Waals surface area contributed by atoms with Gasteiger partial charge in [0.15, 0.2) is 0 Å². The highest BCUT2D eigenvalue weighted by Crippen LogP contribution is 2.18. The van der Waals surface area contributed by atoms with Gasteiger partial charge in [0.25, 0.3) is 0 Å². The molecule has 0 aliphatic carbocycles. The van der Waals surface area contributed by atoms with Crippen LogP contribution in [0.5, 0.6) is 5.75 Å². The zero-order chi connectivity index (χ0) is 8.32. The Balaban J connectivity index is 2.66. The fourth-order valence-corrected chi connectivity index (χ4v) is 0.614. The molecule has 0 amide bonds. The molecule has 11 heavy (non-hydrogen) atoms. The molecule has 0 spiro atoms. The van der Waals surface area contributed by atoms with Crippen molar-refractivity contribution in [3.63, 3.8) is 0 Å². The molecule has 4 heteroatoms. The first-order valence-electron chi connectivity index (χ1n) is 3.05. The lowest BCUT2D eigenvalue weighted by molar-refractivity contribution is -0.159. The van der Waals surface area contributed by atoms with E-state index < -0.39 is 6.11 Å². The van der Waals surface area contributed by atoms with Crippen LogP contribution >= 0.6 is 0 Å². The molecule has 60 valence electrons. The Labute approximate surface area is 62.8 Å². The van der Waals surface area contributed by atoms with E-state index in [0.717, 1.165) is 0 Å². The highest BCUT2D eigenvalue weighted by molar-refractivity contribution is 5.15. The molecular weight excluding hydrogens is 152 g/mol. The number of pyridine rings is 1. The maximum atomic E-state index is 12.2. The van der Waals surface area contributed by atoms with Crippen LogP contribution in [-0.2, 0) is 0 Å². The quantitative estimate of drug-likeness (QED) is 0.659. The van der Waals surface area contributed by atoms with Crippen molar-refractivity contribution < 1.29 is 13.5 Å². The number of hydrogen-bond acceptors (Lipinski definition) is 2. The summed E-state index contributed by atoms with van der Waals surface area (Å²) in [5, 5.41) is 0. The largest absolute Gasteiger partial charge is 0.431 e. The Hall–Kier alpha value is -1.19. The smallest absolute Gasteiger partial charge is 0.394 e. The lowest BCUT2D eigenvalue weighted by Crippen LogP contribution is -2.19. The number of aromatic nitrogens is 1. The van der Waals surface area contributed by atoms with E-state index in [4.69, 9.17) is 0 Å². The molecule has 0 saturated carbocycles. The molecule has 0 atom stereocenters. The van der Waals surface area contributed by atoms with Crippen molar-refractivity contribution in [1.82, 2.24) is 4.98 Å². The molecule has 0 unspecified atom stereocenters. The van der Waals surface area contributed by atoms with Crippen LogP contribution in [0.4, 0.5) is 8.78 Å². The van der Waals surface area contributed by atoms with Crippen LogP contribution in [-0.4, -0.2) is 11.1 Å². The van der Waals surface area contributed by atoms with Gasteiger partial charge in [-0.2, -0.15) is 8.78 Å². The van der Waals surface area contributed by atoms with Gasteiger partial charge in [-0.15, -0.1) is 0 Å². The normalized spacial score (nSPS) is 11.2. The van der Waals surface area contributed by atoms with Crippen molar-refractivity contribution in [2.45, 2.75) is 13.0 Å². The molecule has 1 heterocycles. The lowest BCUT2D eigenvalue weighted by atomic mass is 10.5. The van der Waals surface area contributed by atoms with Gasteiger partial charge < -0.3 is 4.74 Å². The van der Waals surface area contributed by atoms with Crippen molar-refractivity contribution in [2.75, 3.05) is 0 Å². The third kappa shape index (κ3) is 2.93. The first-order chi connectivity index (χ1) is 5.08. The fraction of sp³-hybridized carbons (Fsp3) is 0.286. The maximum absolute atomic E-state index is 12.2. The molecule has 2 nitrogen and oxygen atoms in total. The highest BCUT2D eigenvalue weighted by atomic mass is 19.3. The summed E-state index contributed by atoms with van der Waals surface area (Å²) >= 11 is 0. The number of rotatable bonds is 2. The molecule has 0 aromatic carbocycles. The standard InChI is InChI=1S/C7H7F2NO/c1-7(8,9)11-6-3-2-4-10-5-6/h2-5H,1H3. The second kappa shape index (κ2) is 2.82. The van der Waals surface area contributed by atoms with Crippen LogP contribution in [0, 0.1) is 0 Å². The molecule has 1 rings (SSSR count). The zero-order valence-corrected chi connectivity index (χ0v) is 5.92. The van der Waals surface area contributed by atoms with Crippen LogP contribution in [0.1, 0.15) is 6.92 Å². The van der Waals surface area contributed by atoms with Gasteiger partial charge in [-0.1, -0.05) is 0 Å². The number of ether oxygens (including phenoxy) is 1. The molecule has 0 fully saturated rings. The second-order valence-corrected chi connectivity index (χ2v) is 2.10. The van der Waals surface area contributed by atoms with Gasteiger partial charge in [-0.3, -0.25) is 4.98 Å². The average Bonchev–Trinajstić information content (AvgIpc) is 1.85. The van der Waals surface area contributed by atoms with Crippen molar-refractivity contribution >= 4 is 0 Å². The van der Waals surface area contributed by atoms with E-state index in [-0.39, 0.29) is 5.75 Å². The number of halogens is 2. The van der Waals surface area contributed by atoms with Gasteiger partial charge in [-0.05, 0) is 12.1 Å². The van der Waals surface area contributed by atoms with Crippen LogP contribution in [0.15, 0.2) is 24.5 Å². The molecule has 0 bridgehead atoms. The van der Waals surface area contributed by atoms with Gasteiger partial charge in [0, 0.05) is 13.1 Å². The van der Waals surface area contributed by atoms with Crippen molar-refractivity contribution in [1.29, 1.82) is 0 Å². The molecular formula is C7H7F2NO. The zero-order valence-electron chi connectivity index (χ0n) is 5.92. The molecule has 1 aromatic heterocycles. The Morgan fingerprint density at radius 1 is 1.55 bits per heavy atom. The van der Waals surface area contributed by atoms with Crippen LogP contribution in [0.2, 0.25) is 0 Å². The SMILES string of the molecule is CC(F)(F)Oc1cccnc1. The predicted octanol–water partition coefficient (Wildman–Crippen LogP) is 2.07. The number of hydrogen-bond donors (Lipinski definition) is 0. The summed E-state index contributed by atoms with van der Waals surface area (Å²) in [6.45, 7) is 0.681. The molecule has 0 aliphatic rings. The van der Waals surface area contributed by atoms with E-state index in [0.29, 0.717) is 6.92 Å². The minimum absolute atomic E-state index is 0.0694. The number of alkyl halides is 2. The average molecular weight is 159 g/mol. The first kappa shape index (κ1) is 7.91. The summed E-state index contributed by atoms with van der Waals surface area (Å²) in [6, 6.07) is 2.95. The molecule has 0 saturated heterocycles. The van der Waals surface area contributed by atoms with Gasteiger partial charge in [-0.25, -0.2) is 0 Å². The molecule has 0 radical (unpaired) electrons. The van der Waals surface area contributed by atoms with Crippen molar-refractivity contribution in [2.24, 2.45) is 0 Å². The van der Waals surface area contributed by atoms with Crippen LogP contribution in [0.3, 0.4) is 0 Å². The first-order valence-corrected chi connectivity index (χ1v) is 3.05. The van der Waals surface area contributed by atoms with E-state index in [2.05, 4.69) is 9.72 Å². The third-order valence-corrected chi connectivity index (χ3v) is 0.931. The number of nitrogens with zero attached hydrogens (tertiary/aromatic N) is 1. The Kier molecular flexibility index (Phi) is 2.03. The van der Waals surface area contributed by atoms with Gasteiger partial charge in [0.05, 0.1) is 6.20 Å². The molecule has 1 aromatic rings. The van der Waals surface area contributed by atoms with E-state index >= 15 is 0 Å². The summed E-state index contributed by atoms with van der Waals surface area (Å²) in [5.74, 6) is 0.0694. The Morgan fingerprint density at radius 2 is 2.27 bits per heavy atom. The monoisotopic (exact) mass is 159 g/mol. The van der Waals surface area contributed by atoms with Gasteiger partial charge in [0.2, 0.25) is 0 Å². The Bertz CT molecular complexity index is 220. The van der Waals surface area contributed by atoms with Gasteiger partial charge in [0.1, 0.15) is 5.75 Å².